The molecule has 0 radical (unpaired) electrons. The van der Waals surface area contributed by atoms with E-state index in [0.717, 1.165) is 44.9 Å². The largest absolute Gasteiger partial charge is 0.465 e. The Morgan fingerprint density at radius 2 is 1.19 bits per heavy atom. The molecule has 3 aliphatic carbocycles. The summed E-state index contributed by atoms with van der Waals surface area (Å²) in [5, 5.41) is 0. The second-order valence-corrected chi connectivity index (χ2v) is 8.62. The van der Waals surface area contributed by atoms with E-state index in [2.05, 4.69) is 13.8 Å². The number of hydrogen-bond donors (Lipinski definition) is 0. The normalized spacial score (nSPS) is 34.7. The molecule has 0 aliphatic heterocycles. The molecule has 6 atom stereocenters. The monoisotopic (exact) mass is 364 g/mol. The van der Waals surface area contributed by atoms with Gasteiger partial charge in [-0.1, -0.05) is 46.0 Å². The van der Waals surface area contributed by atoms with Gasteiger partial charge in [0.15, 0.2) is 0 Å². The van der Waals surface area contributed by atoms with Crippen LogP contribution in [0.15, 0.2) is 0 Å². The lowest BCUT2D eigenvalue weighted by molar-refractivity contribution is -0.166. The fourth-order valence-corrected chi connectivity index (χ4v) is 5.99. The van der Waals surface area contributed by atoms with Crippen LogP contribution in [-0.4, -0.2) is 25.2 Å². The first-order valence-electron chi connectivity index (χ1n) is 11.0. The maximum absolute atomic E-state index is 12.8. The molecule has 26 heavy (non-hydrogen) atoms. The first-order valence-corrected chi connectivity index (χ1v) is 11.0. The number of fused-ring (bicyclic) bond motifs is 5. The van der Waals surface area contributed by atoms with Crippen LogP contribution in [0.1, 0.15) is 78.1 Å². The summed E-state index contributed by atoms with van der Waals surface area (Å²) in [6.07, 6.45) is 11.0. The third-order valence-electron chi connectivity index (χ3n) is 7.11. The van der Waals surface area contributed by atoms with Gasteiger partial charge in [0.1, 0.15) is 0 Å². The highest BCUT2D eigenvalue weighted by Crippen LogP contribution is 2.63. The van der Waals surface area contributed by atoms with E-state index >= 15 is 0 Å². The third kappa shape index (κ3) is 3.94. The van der Waals surface area contributed by atoms with E-state index in [1.54, 1.807) is 0 Å². The van der Waals surface area contributed by atoms with E-state index in [4.69, 9.17) is 9.47 Å². The van der Waals surface area contributed by atoms with Crippen LogP contribution in [0.3, 0.4) is 0 Å². The number of unbranched alkanes of at least 4 members (excludes halogenated alkanes) is 4. The van der Waals surface area contributed by atoms with Gasteiger partial charge in [0.05, 0.1) is 25.0 Å². The topological polar surface area (TPSA) is 52.6 Å². The van der Waals surface area contributed by atoms with Gasteiger partial charge in [-0.2, -0.15) is 0 Å². The molecular formula is C22H36O4. The van der Waals surface area contributed by atoms with E-state index in [0.29, 0.717) is 36.9 Å². The molecule has 3 saturated carbocycles. The van der Waals surface area contributed by atoms with Crippen LogP contribution in [0.25, 0.3) is 0 Å². The summed E-state index contributed by atoms with van der Waals surface area (Å²) < 4.78 is 11.2. The number of carbonyl (C=O) groups excluding carboxylic acids is 2. The molecule has 3 aliphatic rings. The predicted molar refractivity (Wildman–Crippen MR) is 100 cm³/mol. The Morgan fingerprint density at radius 1 is 0.731 bits per heavy atom. The second-order valence-electron chi connectivity index (χ2n) is 8.62. The van der Waals surface area contributed by atoms with Crippen molar-refractivity contribution >= 4 is 11.9 Å². The number of hydrogen-bond acceptors (Lipinski definition) is 4. The molecule has 0 amide bonds. The standard InChI is InChI=1S/C22H36O4/c1-3-5-7-12-25-21(23)19-17-14-18(16-11-9-10-15(16)17)20(19)22(24)26-13-8-6-4-2/h15-20H,3-14H2,1-2H3. The van der Waals surface area contributed by atoms with Gasteiger partial charge in [-0.3, -0.25) is 9.59 Å². The summed E-state index contributed by atoms with van der Waals surface area (Å²) in [5.41, 5.74) is 0. The lowest BCUT2D eigenvalue weighted by Gasteiger charge is -2.35. The molecule has 4 nitrogen and oxygen atoms in total. The van der Waals surface area contributed by atoms with Gasteiger partial charge < -0.3 is 9.47 Å². The van der Waals surface area contributed by atoms with Crippen LogP contribution < -0.4 is 0 Å². The molecule has 0 aromatic carbocycles. The molecular weight excluding hydrogens is 328 g/mol. The van der Waals surface area contributed by atoms with E-state index in [1.807, 2.05) is 0 Å². The Morgan fingerprint density at radius 3 is 1.62 bits per heavy atom. The summed E-state index contributed by atoms with van der Waals surface area (Å²) in [6, 6.07) is 0. The van der Waals surface area contributed by atoms with Crippen molar-refractivity contribution in [2.75, 3.05) is 13.2 Å². The SMILES string of the molecule is CCCCCOC(=O)C1C2CC(C3CCCC32)C1C(=O)OCCCCC. The molecule has 0 spiro atoms. The summed E-state index contributed by atoms with van der Waals surface area (Å²) in [7, 11) is 0. The molecule has 0 heterocycles. The first-order chi connectivity index (χ1) is 12.7. The average molecular weight is 365 g/mol. The molecule has 0 saturated heterocycles. The predicted octanol–water partition coefficient (Wildman–Crippen LogP) is 4.75. The summed E-state index contributed by atoms with van der Waals surface area (Å²) in [6.45, 7) is 5.27. The summed E-state index contributed by atoms with van der Waals surface area (Å²) >= 11 is 0. The molecule has 3 fully saturated rings. The van der Waals surface area contributed by atoms with Crippen molar-refractivity contribution < 1.29 is 19.1 Å². The van der Waals surface area contributed by atoms with Crippen LogP contribution >= 0.6 is 0 Å². The number of rotatable bonds is 10. The Kier molecular flexibility index (Phi) is 6.99. The molecule has 3 rings (SSSR count). The fraction of sp³-hybridized carbons (Fsp3) is 0.909. The highest BCUT2D eigenvalue weighted by Gasteiger charge is 2.63. The number of esters is 2. The van der Waals surface area contributed by atoms with Gasteiger partial charge in [-0.05, 0) is 55.8 Å². The fourth-order valence-electron chi connectivity index (χ4n) is 5.99. The van der Waals surface area contributed by atoms with Crippen LogP contribution in [0.2, 0.25) is 0 Å². The van der Waals surface area contributed by atoms with Gasteiger partial charge in [-0.15, -0.1) is 0 Å². The van der Waals surface area contributed by atoms with E-state index in [1.165, 1.54) is 19.3 Å². The zero-order valence-corrected chi connectivity index (χ0v) is 16.6. The summed E-state index contributed by atoms with van der Waals surface area (Å²) in [5.74, 6) is 1.21. The van der Waals surface area contributed by atoms with Crippen molar-refractivity contribution in [3.8, 4) is 0 Å². The van der Waals surface area contributed by atoms with Gasteiger partial charge in [0.2, 0.25) is 0 Å². The average Bonchev–Trinajstić information content (AvgIpc) is 3.33. The van der Waals surface area contributed by atoms with Gasteiger partial charge in [0, 0.05) is 0 Å². The molecule has 2 bridgehead atoms. The highest BCUT2D eigenvalue weighted by molar-refractivity contribution is 5.84. The van der Waals surface area contributed by atoms with Crippen molar-refractivity contribution in [2.24, 2.45) is 35.5 Å². The highest BCUT2D eigenvalue weighted by atomic mass is 16.5. The van der Waals surface area contributed by atoms with E-state index in [-0.39, 0.29) is 23.8 Å². The molecule has 0 aromatic rings. The van der Waals surface area contributed by atoms with Gasteiger partial charge in [0.25, 0.3) is 0 Å². The van der Waals surface area contributed by atoms with Crippen molar-refractivity contribution in [1.82, 2.24) is 0 Å². The Hall–Kier alpha value is -1.06. The molecule has 6 unspecified atom stereocenters. The van der Waals surface area contributed by atoms with Crippen LogP contribution in [-0.2, 0) is 19.1 Å². The summed E-state index contributed by atoms with van der Waals surface area (Å²) in [4.78, 5) is 25.7. The quantitative estimate of drug-likeness (QED) is 0.414. The molecule has 0 aromatic heterocycles. The lowest BCUT2D eigenvalue weighted by atomic mass is 9.69. The minimum Gasteiger partial charge on any atom is -0.465 e. The van der Waals surface area contributed by atoms with E-state index in [9.17, 15) is 9.59 Å². The van der Waals surface area contributed by atoms with Crippen molar-refractivity contribution in [1.29, 1.82) is 0 Å². The maximum atomic E-state index is 12.8. The first kappa shape index (κ1) is 19.7. The minimum atomic E-state index is -0.250. The van der Waals surface area contributed by atoms with Crippen molar-refractivity contribution in [3.05, 3.63) is 0 Å². The maximum Gasteiger partial charge on any atom is 0.310 e. The number of carbonyl (C=O) groups is 2. The van der Waals surface area contributed by atoms with Gasteiger partial charge in [-0.25, -0.2) is 0 Å². The molecule has 4 heteroatoms. The van der Waals surface area contributed by atoms with Crippen LogP contribution in [0.4, 0.5) is 0 Å². The van der Waals surface area contributed by atoms with E-state index < -0.39 is 0 Å². The zero-order valence-electron chi connectivity index (χ0n) is 16.6. The van der Waals surface area contributed by atoms with Crippen LogP contribution in [0, 0.1) is 35.5 Å². The Bertz CT molecular complexity index is 447. The van der Waals surface area contributed by atoms with Crippen LogP contribution in [0.5, 0.6) is 0 Å². The van der Waals surface area contributed by atoms with Crippen molar-refractivity contribution in [3.63, 3.8) is 0 Å². The smallest absolute Gasteiger partial charge is 0.310 e. The van der Waals surface area contributed by atoms with Crippen molar-refractivity contribution in [2.45, 2.75) is 78.1 Å². The Balaban J connectivity index is 1.63. The Labute approximate surface area is 158 Å². The minimum absolute atomic E-state index is 0.130. The third-order valence-corrected chi connectivity index (χ3v) is 7.11. The van der Waals surface area contributed by atoms with Gasteiger partial charge >= 0.3 is 11.9 Å². The second kappa shape index (κ2) is 9.23. The number of ether oxygens (including phenoxy) is 2. The molecule has 0 N–H and O–H groups in total. The zero-order chi connectivity index (χ0) is 18.5. The molecule has 148 valence electrons. The lowest BCUT2D eigenvalue weighted by Crippen LogP contribution is -2.42.